The molecule has 0 amide bonds. The summed E-state index contributed by atoms with van der Waals surface area (Å²) in [6.07, 6.45) is 4.84. The Morgan fingerprint density at radius 3 is 2.68 bits per heavy atom. The fraction of sp³-hybridized carbons (Fsp3) is 0.438. The molecule has 0 radical (unpaired) electrons. The van der Waals surface area contributed by atoms with Gasteiger partial charge in [0.15, 0.2) is 0 Å². The molecule has 0 N–H and O–H groups in total. The van der Waals surface area contributed by atoms with Crippen LogP contribution >= 0.6 is 11.8 Å². The Bertz CT molecular complexity index is 440. The van der Waals surface area contributed by atoms with E-state index in [-0.39, 0.29) is 12.1 Å². The summed E-state index contributed by atoms with van der Waals surface area (Å²) >= 11 is 1.68. The maximum absolute atomic E-state index is 11.8. The third-order valence-corrected chi connectivity index (χ3v) is 3.72. The van der Waals surface area contributed by atoms with Gasteiger partial charge in [-0.2, -0.15) is 0 Å². The van der Waals surface area contributed by atoms with Crippen molar-refractivity contribution in [2.75, 3.05) is 6.26 Å². The summed E-state index contributed by atoms with van der Waals surface area (Å²) in [6, 6.07) is 8.10. The van der Waals surface area contributed by atoms with Crippen molar-refractivity contribution >= 4 is 17.7 Å². The average molecular weight is 278 g/mol. The Morgan fingerprint density at radius 1 is 1.42 bits per heavy atom. The first-order valence-corrected chi connectivity index (χ1v) is 7.82. The molecule has 0 aliphatic rings. The van der Waals surface area contributed by atoms with E-state index in [1.54, 1.807) is 18.7 Å². The lowest BCUT2D eigenvalue weighted by Crippen LogP contribution is -2.12. The molecule has 0 aromatic heterocycles. The van der Waals surface area contributed by atoms with Gasteiger partial charge < -0.3 is 4.74 Å². The molecule has 1 rings (SSSR count). The van der Waals surface area contributed by atoms with Crippen LogP contribution in [0.5, 0.6) is 0 Å². The topological polar surface area (TPSA) is 26.3 Å². The molecule has 104 valence electrons. The molecule has 1 unspecified atom stereocenters. The van der Waals surface area contributed by atoms with Crippen LogP contribution in [0, 0.1) is 0 Å². The molecule has 0 spiro atoms. The number of carbonyl (C=O) groups is 1. The van der Waals surface area contributed by atoms with E-state index in [4.69, 9.17) is 4.74 Å². The molecule has 0 saturated heterocycles. The number of carbonyl (C=O) groups excluding carboxylic acids is 1. The number of hydrogen-bond donors (Lipinski definition) is 0. The van der Waals surface area contributed by atoms with Gasteiger partial charge in [0.1, 0.15) is 6.10 Å². The van der Waals surface area contributed by atoms with Crippen LogP contribution in [-0.2, 0) is 9.53 Å². The highest BCUT2D eigenvalue weighted by Gasteiger charge is 2.19. The smallest absolute Gasteiger partial charge is 0.333 e. The lowest BCUT2D eigenvalue weighted by molar-refractivity contribution is -0.145. The van der Waals surface area contributed by atoms with Crippen molar-refractivity contribution in [1.82, 2.24) is 0 Å². The van der Waals surface area contributed by atoms with Gasteiger partial charge in [-0.3, -0.25) is 0 Å². The van der Waals surface area contributed by atoms with Crippen molar-refractivity contribution in [1.29, 1.82) is 0 Å². The molecule has 2 nitrogen and oxygen atoms in total. The first-order chi connectivity index (χ1) is 9.10. The van der Waals surface area contributed by atoms with Gasteiger partial charge in [-0.1, -0.05) is 38.1 Å². The second kappa shape index (κ2) is 8.05. The summed E-state index contributed by atoms with van der Waals surface area (Å²) < 4.78 is 5.59. The van der Waals surface area contributed by atoms with Crippen molar-refractivity contribution in [2.24, 2.45) is 0 Å². The maximum Gasteiger partial charge on any atom is 0.333 e. The molecule has 0 bridgehead atoms. The summed E-state index contributed by atoms with van der Waals surface area (Å²) in [6.45, 7) is 7.46. The number of hydrogen-bond acceptors (Lipinski definition) is 3. The van der Waals surface area contributed by atoms with Crippen molar-refractivity contribution in [3.05, 3.63) is 42.0 Å². The normalized spacial score (nSPS) is 11.9. The van der Waals surface area contributed by atoms with Gasteiger partial charge in [-0.15, -0.1) is 11.8 Å². The van der Waals surface area contributed by atoms with Gasteiger partial charge in [-0.25, -0.2) is 4.79 Å². The van der Waals surface area contributed by atoms with Crippen LogP contribution in [0.2, 0.25) is 0 Å². The number of thioether (sulfide) groups is 1. The summed E-state index contributed by atoms with van der Waals surface area (Å²) in [7, 11) is 0. The molecule has 1 atom stereocenters. The van der Waals surface area contributed by atoms with E-state index in [1.807, 2.05) is 24.5 Å². The first-order valence-electron chi connectivity index (χ1n) is 6.59. The maximum atomic E-state index is 11.8. The number of benzene rings is 1. The Labute approximate surface area is 120 Å². The zero-order chi connectivity index (χ0) is 14.3. The summed E-state index contributed by atoms with van der Waals surface area (Å²) in [5.41, 5.74) is 1.54. The summed E-state index contributed by atoms with van der Waals surface area (Å²) in [4.78, 5) is 12.9. The molecule has 19 heavy (non-hydrogen) atoms. The zero-order valence-corrected chi connectivity index (χ0v) is 12.8. The van der Waals surface area contributed by atoms with Gasteiger partial charge in [0.25, 0.3) is 0 Å². The van der Waals surface area contributed by atoms with E-state index in [2.05, 4.69) is 19.6 Å². The van der Waals surface area contributed by atoms with E-state index >= 15 is 0 Å². The summed E-state index contributed by atoms with van der Waals surface area (Å²) in [5.74, 6) is -0.308. The largest absolute Gasteiger partial charge is 0.454 e. The second-order valence-corrected chi connectivity index (χ2v) is 5.41. The lowest BCUT2D eigenvalue weighted by atomic mass is 10.0. The van der Waals surface area contributed by atoms with Crippen molar-refractivity contribution in [3.63, 3.8) is 0 Å². The van der Waals surface area contributed by atoms with Crippen LogP contribution in [0.25, 0.3) is 0 Å². The number of rotatable bonds is 7. The molecule has 0 aliphatic carbocycles. The zero-order valence-electron chi connectivity index (χ0n) is 11.9. The minimum Gasteiger partial charge on any atom is -0.454 e. The van der Waals surface area contributed by atoms with Crippen LogP contribution in [0.1, 0.15) is 44.8 Å². The molecule has 3 heteroatoms. The van der Waals surface area contributed by atoms with Crippen molar-refractivity contribution in [3.8, 4) is 0 Å². The van der Waals surface area contributed by atoms with Crippen molar-refractivity contribution in [2.45, 2.75) is 44.1 Å². The minimum atomic E-state index is -0.308. The van der Waals surface area contributed by atoms with E-state index < -0.39 is 0 Å². The van der Waals surface area contributed by atoms with E-state index in [9.17, 15) is 4.79 Å². The molecule has 0 fully saturated rings. The number of unbranched alkanes of at least 4 members (excludes halogenated alkanes) is 1. The predicted octanol–water partition coefficient (Wildman–Crippen LogP) is 4.76. The Balaban J connectivity index is 2.95. The van der Waals surface area contributed by atoms with Gasteiger partial charge in [-0.05, 0) is 32.1 Å². The van der Waals surface area contributed by atoms with Gasteiger partial charge >= 0.3 is 5.97 Å². The monoisotopic (exact) mass is 278 g/mol. The standard InChI is InChI=1S/C16H22O2S/c1-5-6-10-14(18-16(17)12(2)3)13-9-7-8-11-15(13)19-4/h7-9,11,14H,2,5-6,10H2,1,3-4H3. The quantitative estimate of drug-likeness (QED) is 0.408. The highest BCUT2D eigenvalue weighted by molar-refractivity contribution is 7.98. The Hall–Kier alpha value is -1.22. The van der Waals surface area contributed by atoms with Crippen LogP contribution < -0.4 is 0 Å². The van der Waals surface area contributed by atoms with Gasteiger partial charge in [0, 0.05) is 16.0 Å². The molecule has 1 aromatic rings. The van der Waals surface area contributed by atoms with E-state index in [1.165, 1.54) is 0 Å². The molecular formula is C16H22O2S. The summed E-state index contributed by atoms with van der Waals surface area (Å²) in [5, 5.41) is 0. The van der Waals surface area contributed by atoms with Crippen LogP contribution in [0.3, 0.4) is 0 Å². The predicted molar refractivity (Wildman–Crippen MR) is 81.4 cm³/mol. The SMILES string of the molecule is C=C(C)C(=O)OC(CCCC)c1ccccc1SC. The van der Waals surface area contributed by atoms with E-state index in [0.29, 0.717) is 5.57 Å². The van der Waals surface area contributed by atoms with Gasteiger partial charge in [0.2, 0.25) is 0 Å². The molecule has 0 aliphatic heterocycles. The Kier molecular flexibility index (Phi) is 6.71. The third-order valence-electron chi connectivity index (χ3n) is 2.90. The van der Waals surface area contributed by atoms with Gasteiger partial charge in [0.05, 0.1) is 0 Å². The number of ether oxygens (including phenoxy) is 1. The third kappa shape index (κ3) is 4.75. The highest BCUT2D eigenvalue weighted by atomic mass is 32.2. The number of esters is 1. The lowest BCUT2D eigenvalue weighted by Gasteiger charge is -2.20. The minimum absolute atomic E-state index is 0.173. The molecule has 0 saturated carbocycles. The van der Waals surface area contributed by atoms with Crippen LogP contribution in [-0.4, -0.2) is 12.2 Å². The van der Waals surface area contributed by atoms with Crippen LogP contribution in [0.4, 0.5) is 0 Å². The molecular weight excluding hydrogens is 256 g/mol. The highest BCUT2D eigenvalue weighted by Crippen LogP contribution is 2.31. The first kappa shape index (κ1) is 15.8. The Morgan fingerprint density at radius 2 is 2.11 bits per heavy atom. The van der Waals surface area contributed by atoms with Crippen molar-refractivity contribution < 1.29 is 9.53 Å². The fourth-order valence-corrected chi connectivity index (χ4v) is 2.48. The van der Waals surface area contributed by atoms with Crippen LogP contribution in [0.15, 0.2) is 41.3 Å². The average Bonchev–Trinajstić information content (AvgIpc) is 2.43. The molecule has 0 heterocycles. The fourth-order valence-electron chi connectivity index (χ4n) is 1.83. The van der Waals surface area contributed by atoms with E-state index in [0.717, 1.165) is 29.7 Å². The molecule has 1 aromatic carbocycles. The second-order valence-electron chi connectivity index (χ2n) is 4.56.